The number of anilines is 1. The van der Waals surface area contributed by atoms with Gasteiger partial charge in [-0.15, -0.1) is 0 Å². The van der Waals surface area contributed by atoms with Crippen LogP contribution < -0.4 is 5.32 Å². The third-order valence-corrected chi connectivity index (χ3v) is 3.13. The second kappa shape index (κ2) is 8.39. The molecule has 0 heterocycles. The van der Waals surface area contributed by atoms with E-state index >= 15 is 0 Å². The minimum atomic E-state index is 0.0172. The van der Waals surface area contributed by atoms with Crippen molar-refractivity contribution in [2.24, 2.45) is 5.92 Å². The minimum absolute atomic E-state index is 0.0172. The molecule has 0 aliphatic carbocycles. The van der Waals surface area contributed by atoms with E-state index in [1.165, 1.54) is 0 Å². The standard InChI is InChI=1S/C17H23NO2/c1-4-7-14(3)17(20)18-16-12-15(8-5-6-11-19)10-9-13(16)2/h9-10,12,14,19H,4,6-7,11H2,1-3H3,(H,18,20). The lowest BCUT2D eigenvalue weighted by Gasteiger charge is -2.13. The number of aliphatic hydroxyl groups excluding tert-OH is 1. The Kier molecular flexibility index (Phi) is 6.83. The average Bonchev–Trinajstić information content (AvgIpc) is 2.42. The molecule has 3 nitrogen and oxygen atoms in total. The largest absolute Gasteiger partial charge is 0.395 e. The third-order valence-electron chi connectivity index (χ3n) is 3.13. The van der Waals surface area contributed by atoms with Crippen LogP contribution in [0, 0.1) is 24.7 Å². The zero-order valence-corrected chi connectivity index (χ0v) is 12.5. The molecule has 2 N–H and O–H groups in total. The number of nitrogens with one attached hydrogen (secondary N) is 1. The molecule has 0 aliphatic rings. The molecular weight excluding hydrogens is 250 g/mol. The maximum absolute atomic E-state index is 12.0. The summed E-state index contributed by atoms with van der Waals surface area (Å²) in [5.41, 5.74) is 2.69. The summed E-state index contributed by atoms with van der Waals surface area (Å²) >= 11 is 0. The molecule has 3 heteroatoms. The summed E-state index contributed by atoms with van der Waals surface area (Å²) in [6.07, 6.45) is 2.35. The smallest absolute Gasteiger partial charge is 0.227 e. The van der Waals surface area contributed by atoms with Gasteiger partial charge in [-0.25, -0.2) is 0 Å². The molecule has 1 unspecified atom stereocenters. The summed E-state index contributed by atoms with van der Waals surface area (Å²) in [4.78, 5) is 12.0. The molecule has 1 aromatic carbocycles. The van der Waals surface area contributed by atoms with Gasteiger partial charge >= 0.3 is 0 Å². The van der Waals surface area contributed by atoms with Gasteiger partial charge in [0, 0.05) is 23.6 Å². The van der Waals surface area contributed by atoms with Crippen molar-refractivity contribution in [1.29, 1.82) is 0 Å². The van der Waals surface area contributed by atoms with Crippen molar-refractivity contribution < 1.29 is 9.90 Å². The predicted molar refractivity (Wildman–Crippen MR) is 82.5 cm³/mol. The Hall–Kier alpha value is -1.79. The van der Waals surface area contributed by atoms with E-state index in [-0.39, 0.29) is 18.4 Å². The van der Waals surface area contributed by atoms with E-state index in [0.717, 1.165) is 29.7 Å². The first kappa shape index (κ1) is 16.3. The molecule has 0 aromatic heterocycles. The van der Waals surface area contributed by atoms with Gasteiger partial charge in [0.05, 0.1) is 6.61 Å². The quantitative estimate of drug-likeness (QED) is 0.810. The van der Waals surface area contributed by atoms with Crippen molar-refractivity contribution in [3.05, 3.63) is 29.3 Å². The first-order valence-electron chi connectivity index (χ1n) is 7.09. The summed E-state index contributed by atoms with van der Waals surface area (Å²) in [6, 6.07) is 5.75. The van der Waals surface area contributed by atoms with E-state index in [9.17, 15) is 4.79 Å². The highest BCUT2D eigenvalue weighted by molar-refractivity contribution is 5.93. The minimum Gasteiger partial charge on any atom is -0.395 e. The number of rotatable bonds is 5. The summed E-state index contributed by atoms with van der Waals surface area (Å²) in [5.74, 6) is 5.93. The van der Waals surface area contributed by atoms with Gasteiger partial charge in [0.25, 0.3) is 0 Å². The van der Waals surface area contributed by atoms with Gasteiger partial charge in [0.15, 0.2) is 0 Å². The van der Waals surface area contributed by atoms with Crippen molar-refractivity contribution in [2.75, 3.05) is 11.9 Å². The Morgan fingerprint density at radius 1 is 1.45 bits per heavy atom. The predicted octanol–water partition coefficient (Wildman–Crippen LogP) is 3.10. The van der Waals surface area contributed by atoms with Crippen LogP contribution in [0.15, 0.2) is 18.2 Å². The Bertz CT molecular complexity index is 511. The van der Waals surface area contributed by atoms with Crippen LogP contribution in [0.2, 0.25) is 0 Å². The van der Waals surface area contributed by atoms with Crippen LogP contribution in [0.4, 0.5) is 5.69 Å². The van der Waals surface area contributed by atoms with E-state index in [1.807, 2.05) is 32.0 Å². The Balaban J connectivity index is 2.82. The fourth-order valence-corrected chi connectivity index (χ4v) is 1.87. The summed E-state index contributed by atoms with van der Waals surface area (Å²) in [7, 11) is 0. The second-order valence-corrected chi connectivity index (χ2v) is 4.98. The monoisotopic (exact) mass is 273 g/mol. The maximum atomic E-state index is 12.0. The molecule has 0 fully saturated rings. The number of aliphatic hydroxyl groups is 1. The molecule has 0 spiro atoms. The molecule has 20 heavy (non-hydrogen) atoms. The lowest BCUT2D eigenvalue weighted by Crippen LogP contribution is -2.20. The van der Waals surface area contributed by atoms with Crippen LogP contribution in [-0.4, -0.2) is 17.6 Å². The molecule has 0 aliphatic heterocycles. The van der Waals surface area contributed by atoms with Gasteiger partial charge in [0.2, 0.25) is 5.91 Å². The van der Waals surface area contributed by atoms with Gasteiger partial charge in [-0.3, -0.25) is 4.79 Å². The molecule has 0 saturated heterocycles. The van der Waals surface area contributed by atoms with Crippen LogP contribution >= 0.6 is 0 Å². The van der Waals surface area contributed by atoms with Gasteiger partial charge in [-0.2, -0.15) is 0 Å². The fraction of sp³-hybridized carbons (Fsp3) is 0.471. The molecular formula is C17H23NO2. The molecule has 0 radical (unpaired) electrons. The molecule has 0 saturated carbocycles. The Morgan fingerprint density at radius 3 is 2.85 bits per heavy atom. The number of amides is 1. The molecule has 1 aromatic rings. The Labute approximate surface area is 121 Å². The van der Waals surface area contributed by atoms with E-state index in [0.29, 0.717) is 6.42 Å². The van der Waals surface area contributed by atoms with E-state index in [1.54, 1.807) is 0 Å². The fourth-order valence-electron chi connectivity index (χ4n) is 1.87. The lowest BCUT2D eigenvalue weighted by molar-refractivity contribution is -0.119. The zero-order valence-electron chi connectivity index (χ0n) is 12.5. The molecule has 1 amide bonds. The molecule has 0 bridgehead atoms. The normalized spacial score (nSPS) is 11.4. The van der Waals surface area contributed by atoms with Gasteiger partial charge in [0.1, 0.15) is 0 Å². The highest BCUT2D eigenvalue weighted by atomic mass is 16.2. The van der Waals surface area contributed by atoms with Crippen LogP contribution in [0.25, 0.3) is 0 Å². The van der Waals surface area contributed by atoms with E-state index in [2.05, 4.69) is 24.1 Å². The zero-order chi connectivity index (χ0) is 15.0. The number of carbonyl (C=O) groups excluding carboxylic acids is 1. The van der Waals surface area contributed by atoms with Crippen LogP contribution in [0.1, 0.15) is 44.2 Å². The molecule has 1 atom stereocenters. The van der Waals surface area contributed by atoms with Crippen molar-refractivity contribution in [2.45, 2.75) is 40.0 Å². The van der Waals surface area contributed by atoms with Crippen LogP contribution in [0.3, 0.4) is 0 Å². The maximum Gasteiger partial charge on any atom is 0.227 e. The molecule has 1 rings (SSSR count). The topological polar surface area (TPSA) is 49.3 Å². The van der Waals surface area contributed by atoms with Gasteiger partial charge in [-0.1, -0.05) is 38.2 Å². The lowest BCUT2D eigenvalue weighted by atomic mass is 10.0. The Morgan fingerprint density at radius 2 is 2.20 bits per heavy atom. The van der Waals surface area contributed by atoms with Gasteiger partial charge in [-0.05, 0) is 31.0 Å². The first-order valence-corrected chi connectivity index (χ1v) is 7.09. The number of hydrogen-bond acceptors (Lipinski definition) is 2. The van der Waals surface area contributed by atoms with Crippen molar-refractivity contribution >= 4 is 11.6 Å². The number of benzene rings is 1. The third kappa shape index (κ3) is 5.07. The summed E-state index contributed by atoms with van der Waals surface area (Å²) in [5, 5.41) is 11.7. The second-order valence-electron chi connectivity index (χ2n) is 4.98. The van der Waals surface area contributed by atoms with Crippen LogP contribution in [0.5, 0.6) is 0 Å². The van der Waals surface area contributed by atoms with Crippen LogP contribution in [-0.2, 0) is 4.79 Å². The van der Waals surface area contributed by atoms with Crippen molar-refractivity contribution in [3.8, 4) is 11.8 Å². The summed E-state index contributed by atoms with van der Waals surface area (Å²) < 4.78 is 0. The van der Waals surface area contributed by atoms with Gasteiger partial charge < -0.3 is 10.4 Å². The highest BCUT2D eigenvalue weighted by Crippen LogP contribution is 2.18. The number of hydrogen-bond donors (Lipinski definition) is 2. The van der Waals surface area contributed by atoms with E-state index in [4.69, 9.17) is 5.11 Å². The number of aryl methyl sites for hydroxylation is 1. The SMILES string of the molecule is CCCC(C)C(=O)Nc1cc(C#CCCO)ccc1C. The summed E-state index contributed by atoms with van der Waals surface area (Å²) in [6.45, 7) is 6.05. The molecule has 108 valence electrons. The first-order chi connectivity index (χ1) is 9.58. The van der Waals surface area contributed by atoms with Crippen molar-refractivity contribution in [3.63, 3.8) is 0 Å². The number of carbonyl (C=O) groups is 1. The van der Waals surface area contributed by atoms with Crippen molar-refractivity contribution in [1.82, 2.24) is 0 Å². The van der Waals surface area contributed by atoms with E-state index < -0.39 is 0 Å². The highest BCUT2D eigenvalue weighted by Gasteiger charge is 2.12. The average molecular weight is 273 g/mol.